The van der Waals surface area contributed by atoms with Crippen molar-refractivity contribution in [3.8, 4) is 5.75 Å². The van der Waals surface area contributed by atoms with Crippen LogP contribution in [-0.2, 0) is 11.8 Å². The molecule has 2 aromatic rings. The Kier molecular flexibility index (Phi) is 3.76. The second kappa shape index (κ2) is 5.32. The second-order valence-electron chi connectivity index (χ2n) is 4.58. The van der Waals surface area contributed by atoms with E-state index in [-0.39, 0.29) is 12.3 Å². The lowest BCUT2D eigenvalue weighted by molar-refractivity contribution is -0.137. The molecule has 1 unspecified atom stereocenters. The van der Waals surface area contributed by atoms with Gasteiger partial charge in [-0.15, -0.1) is 0 Å². The molecule has 19 heavy (non-hydrogen) atoms. The Balaban J connectivity index is 2.48. The highest BCUT2D eigenvalue weighted by atomic mass is 16.5. The first-order chi connectivity index (χ1) is 9.06. The highest BCUT2D eigenvalue weighted by molar-refractivity contribution is 5.83. The molecule has 0 saturated heterocycles. The van der Waals surface area contributed by atoms with Crippen molar-refractivity contribution in [2.24, 2.45) is 12.8 Å². The number of fused-ring (bicyclic) bond motifs is 1. The molecule has 1 atom stereocenters. The third-order valence-corrected chi connectivity index (χ3v) is 3.41. The van der Waals surface area contributed by atoms with Gasteiger partial charge in [-0.3, -0.25) is 4.79 Å². The lowest BCUT2D eigenvalue weighted by atomic mass is 10.0. The Morgan fingerprint density at radius 3 is 2.79 bits per heavy atom. The van der Waals surface area contributed by atoms with Gasteiger partial charge in [-0.25, -0.2) is 0 Å². The summed E-state index contributed by atoms with van der Waals surface area (Å²) in [7, 11) is 3.55. The van der Waals surface area contributed by atoms with Crippen LogP contribution in [0.2, 0.25) is 0 Å². The maximum absolute atomic E-state index is 10.9. The van der Waals surface area contributed by atoms with Crippen molar-refractivity contribution in [2.75, 3.05) is 13.7 Å². The van der Waals surface area contributed by atoms with E-state index in [4.69, 9.17) is 15.6 Å². The minimum atomic E-state index is -0.835. The number of carboxylic acid groups (broad SMARTS) is 1. The Morgan fingerprint density at radius 1 is 1.47 bits per heavy atom. The van der Waals surface area contributed by atoms with Gasteiger partial charge in [0.15, 0.2) is 0 Å². The van der Waals surface area contributed by atoms with Gasteiger partial charge >= 0.3 is 5.97 Å². The molecular weight excluding hydrogens is 244 g/mol. The maximum Gasteiger partial charge on any atom is 0.304 e. The van der Waals surface area contributed by atoms with Crippen molar-refractivity contribution in [3.63, 3.8) is 0 Å². The number of rotatable bonds is 5. The number of hydrogen-bond donors (Lipinski definition) is 2. The van der Waals surface area contributed by atoms with Gasteiger partial charge in [0.2, 0.25) is 0 Å². The molecule has 102 valence electrons. The Labute approximate surface area is 111 Å². The Morgan fingerprint density at radius 2 is 2.21 bits per heavy atom. The summed E-state index contributed by atoms with van der Waals surface area (Å²) >= 11 is 0. The largest absolute Gasteiger partial charge is 0.497 e. The Hall–Kier alpha value is -2.01. The summed E-state index contributed by atoms with van der Waals surface area (Å²) in [5.74, 6) is -0.230. The minimum Gasteiger partial charge on any atom is -0.497 e. The van der Waals surface area contributed by atoms with Crippen molar-refractivity contribution in [1.82, 2.24) is 4.57 Å². The number of carbonyl (C=O) groups is 1. The van der Waals surface area contributed by atoms with Crippen molar-refractivity contribution < 1.29 is 14.6 Å². The first-order valence-electron chi connectivity index (χ1n) is 6.12. The number of aryl methyl sites for hydroxylation is 1. The third kappa shape index (κ3) is 2.56. The average molecular weight is 262 g/mol. The number of nitrogens with zero attached hydrogens (tertiary/aromatic N) is 1. The van der Waals surface area contributed by atoms with E-state index >= 15 is 0 Å². The molecule has 3 N–H and O–H groups in total. The van der Waals surface area contributed by atoms with Crippen LogP contribution in [0.15, 0.2) is 24.3 Å². The van der Waals surface area contributed by atoms with Gasteiger partial charge in [0.05, 0.1) is 13.5 Å². The molecule has 0 aliphatic carbocycles. The summed E-state index contributed by atoms with van der Waals surface area (Å²) < 4.78 is 7.19. The standard InChI is InChI=1S/C14H18N2O3/c1-16-12-4-3-11(19-2)5-9(12)6-13(16)10(8-15)7-14(17)18/h3-6,10H,7-8,15H2,1-2H3,(H,17,18). The van der Waals surface area contributed by atoms with Gasteiger partial charge in [0.25, 0.3) is 0 Å². The SMILES string of the molecule is COc1ccc2c(c1)cc(C(CN)CC(=O)O)n2C. The number of ether oxygens (including phenoxy) is 1. The van der Waals surface area contributed by atoms with Gasteiger partial charge < -0.3 is 20.1 Å². The number of carboxylic acids is 1. The van der Waals surface area contributed by atoms with E-state index in [1.54, 1.807) is 7.11 Å². The van der Waals surface area contributed by atoms with E-state index in [0.29, 0.717) is 6.54 Å². The molecule has 5 nitrogen and oxygen atoms in total. The third-order valence-electron chi connectivity index (χ3n) is 3.41. The summed E-state index contributed by atoms with van der Waals surface area (Å²) in [6.45, 7) is 0.313. The highest BCUT2D eigenvalue weighted by Crippen LogP contribution is 2.28. The van der Waals surface area contributed by atoms with E-state index < -0.39 is 5.97 Å². The van der Waals surface area contributed by atoms with Crippen LogP contribution in [0.25, 0.3) is 10.9 Å². The zero-order valence-electron chi connectivity index (χ0n) is 11.1. The fourth-order valence-corrected chi connectivity index (χ4v) is 2.39. The van der Waals surface area contributed by atoms with Gasteiger partial charge in [0.1, 0.15) is 5.75 Å². The molecule has 1 aromatic carbocycles. The molecule has 5 heteroatoms. The first-order valence-corrected chi connectivity index (χ1v) is 6.12. The van der Waals surface area contributed by atoms with Gasteiger partial charge in [-0.2, -0.15) is 0 Å². The molecule has 0 aliphatic rings. The van der Waals surface area contributed by atoms with Crippen LogP contribution < -0.4 is 10.5 Å². The number of aliphatic carboxylic acids is 1. The van der Waals surface area contributed by atoms with Gasteiger partial charge in [-0.1, -0.05) is 0 Å². The summed E-state index contributed by atoms with van der Waals surface area (Å²) in [5.41, 5.74) is 7.68. The van der Waals surface area contributed by atoms with Crippen LogP contribution in [-0.4, -0.2) is 29.3 Å². The van der Waals surface area contributed by atoms with Crippen LogP contribution in [0.3, 0.4) is 0 Å². The van der Waals surface area contributed by atoms with E-state index in [1.807, 2.05) is 35.9 Å². The normalized spacial score (nSPS) is 12.6. The van der Waals surface area contributed by atoms with Crippen molar-refractivity contribution in [2.45, 2.75) is 12.3 Å². The van der Waals surface area contributed by atoms with Crippen molar-refractivity contribution in [3.05, 3.63) is 30.0 Å². The average Bonchev–Trinajstić information content (AvgIpc) is 2.72. The topological polar surface area (TPSA) is 77.5 Å². The van der Waals surface area contributed by atoms with Gasteiger partial charge in [0, 0.05) is 36.1 Å². The molecule has 0 spiro atoms. The fraction of sp³-hybridized carbons (Fsp3) is 0.357. The van der Waals surface area contributed by atoms with Gasteiger partial charge in [-0.05, 0) is 24.3 Å². The summed E-state index contributed by atoms with van der Waals surface area (Å²) in [4.78, 5) is 10.9. The first kappa shape index (κ1) is 13.4. The number of hydrogen-bond acceptors (Lipinski definition) is 3. The zero-order chi connectivity index (χ0) is 14.0. The monoisotopic (exact) mass is 262 g/mol. The molecule has 0 saturated carbocycles. The molecule has 0 radical (unpaired) electrons. The smallest absolute Gasteiger partial charge is 0.304 e. The zero-order valence-corrected chi connectivity index (χ0v) is 11.1. The molecule has 0 amide bonds. The molecule has 1 aromatic heterocycles. The quantitative estimate of drug-likeness (QED) is 0.859. The Bertz CT molecular complexity index is 604. The molecule has 0 aliphatic heterocycles. The van der Waals surface area contributed by atoms with E-state index in [0.717, 1.165) is 22.3 Å². The highest BCUT2D eigenvalue weighted by Gasteiger charge is 2.18. The van der Waals surface area contributed by atoms with Crippen molar-refractivity contribution >= 4 is 16.9 Å². The minimum absolute atomic E-state index is 0.0395. The predicted octanol–water partition coefficient (Wildman–Crippen LogP) is 1.70. The van der Waals surface area contributed by atoms with Crippen LogP contribution >= 0.6 is 0 Å². The summed E-state index contributed by atoms with van der Waals surface area (Å²) in [5, 5.41) is 9.97. The second-order valence-corrected chi connectivity index (χ2v) is 4.58. The number of nitrogens with two attached hydrogens (primary N) is 1. The van der Waals surface area contributed by atoms with Crippen molar-refractivity contribution in [1.29, 1.82) is 0 Å². The van der Waals surface area contributed by atoms with E-state index in [1.165, 1.54) is 0 Å². The lowest BCUT2D eigenvalue weighted by Crippen LogP contribution is -2.18. The maximum atomic E-state index is 10.9. The molecule has 0 bridgehead atoms. The van der Waals surface area contributed by atoms with Crippen LogP contribution in [0.5, 0.6) is 5.75 Å². The molecule has 0 fully saturated rings. The fourth-order valence-electron chi connectivity index (χ4n) is 2.39. The molecular formula is C14H18N2O3. The number of methoxy groups -OCH3 is 1. The van der Waals surface area contributed by atoms with E-state index in [2.05, 4.69) is 0 Å². The predicted molar refractivity (Wildman–Crippen MR) is 73.5 cm³/mol. The lowest BCUT2D eigenvalue weighted by Gasteiger charge is -2.13. The van der Waals surface area contributed by atoms with E-state index in [9.17, 15) is 4.79 Å². The van der Waals surface area contributed by atoms with Crippen LogP contribution in [0.1, 0.15) is 18.0 Å². The number of aromatic nitrogens is 1. The van der Waals surface area contributed by atoms with Crippen LogP contribution in [0, 0.1) is 0 Å². The molecule has 2 rings (SSSR count). The summed E-state index contributed by atoms with van der Waals surface area (Å²) in [6, 6.07) is 7.78. The number of benzene rings is 1. The van der Waals surface area contributed by atoms with Crippen LogP contribution in [0.4, 0.5) is 0 Å². The molecule has 1 heterocycles. The summed E-state index contributed by atoms with van der Waals surface area (Å²) in [6.07, 6.45) is 0.0395.